The number of carbonyl (C=O) groups is 1. The van der Waals surface area contributed by atoms with E-state index in [1.807, 2.05) is 6.08 Å². The molecular formula is C22H32O2. The molecule has 0 aromatic carbocycles. The zero-order valence-corrected chi connectivity index (χ0v) is 15.8. The van der Waals surface area contributed by atoms with Crippen LogP contribution in [-0.4, -0.2) is 17.5 Å². The second-order valence-corrected chi connectivity index (χ2v) is 9.69. The van der Waals surface area contributed by atoms with Gasteiger partial charge in [0.05, 0.1) is 11.7 Å². The van der Waals surface area contributed by atoms with E-state index in [1.165, 1.54) is 37.7 Å². The van der Waals surface area contributed by atoms with E-state index < -0.39 is 0 Å². The summed E-state index contributed by atoms with van der Waals surface area (Å²) in [5.74, 6) is 1.87. The van der Waals surface area contributed by atoms with Crippen molar-refractivity contribution < 1.29 is 9.53 Å². The molecule has 0 aromatic rings. The lowest BCUT2D eigenvalue weighted by atomic mass is 9.57. The summed E-state index contributed by atoms with van der Waals surface area (Å²) in [7, 11) is 0. The zero-order chi connectivity index (χ0) is 17.1. The van der Waals surface area contributed by atoms with E-state index in [9.17, 15) is 4.79 Å². The molecule has 2 fully saturated rings. The van der Waals surface area contributed by atoms with Crippen LogP contribution in [0, 0.1) is 17.3 Å². The third-order valence-electron chi connectivity index (χ3n) is 7.14. The van der Waals surface area contributed by atoms with Gasteiger partial charge in [0.2, 0.25) is 0 Å². The molecule has 4 aliphatic carbocycles. The summed E-state index contributed by atoms with van der Waals surface area (Å²) >= 11 is 0. The lowest BCUT2D eigenvalue weighted by Gasteiger charge is -2.49. The summed E-state index contributed by atoms with van der Waals surface area (Å²) in [5, 5.41) is 0. The van der Waals surface area contributed by atoms with Crippen molar-refractivity contribution in [1.82, 2.24) is 0 Å². The number of hydrogen-bond donors (Lipinski definition) is 0. The van der Waals surface area contributed by atoms with Crippen molar-refractivity contribution >= 4 is 5.78 Å². The van der Waals surface area contributed by atoms with Crippen LogP contribution in [0.1, 0.15) is 79.1 Å². The van der Waals surface area contributed by atoms with Crippen molar-refractivity contribution in [3.63, 3.8) is 0 Å². The Labute approximate surface area is 146 Å². The summed E-state index contributed by atoms with van der Waals surface area (Å²) in [6, 6.07) is 0. The highest BCUT2D eigenvalue weighted by atomic mass is 16.5. The second kappa shape index (κ2) is 5.56. The van der Waals surface area contributed by atoms with E-state index >= 15 is 0 Å². The van der Waals surface area contributed by atoms with Crippen LogP contribution in [0.4, 0.5) is 0 Å². The molecule has 0 saturated heterocycles. The van der Waals surface area contributed by atoms with E-state index in [1.54, 1.807) is 11.1 Å². The summed E-state index contributed by atoms with van der Waals surface area (Å²) in [5.41, 5.74) is 4.97. The molecule has 0 heterocycles. The topological polar surface area (TPSA) is 26.3 Å². The minimum Gasteiger partial charge on any atom is -0.372 e. The van der Waals surface area contributed by atoms with Gasteiger partial charge in [0.1, 0.15) is 0 Å². The van der Waals surface area contributed by atoms with Crippen LogP contribution >= 0.6 is 0 Å². The van der Waals surface area contributed by atoms with Crippen LogP contribution in [0.25, 0.3) is 0 Å². The Morgan fingerprint density at radius 1 is 1.08 bits per heavy atom. The van der Waals surface area contributed by atoms with Gasteiger partial charge in [0.25, 0.3) is 0 Å². The van der Waals surface area contributed by atoms with Crippen LogP contribution < -0.4 is 0 Å². The molecule has 2 heteroatoms. The first-order chi connectivity index (χ1) is 11.3. The molecule has 0 N–H and O–H groups in total. The molecule has 4 atom stereocenters. The molecule has 2 nitrogen and oxygen atoms in total. The quantitative estimate of drug-likeness (QED) is 0.646. The second-order valence-electron chi connectivity index (χ2n) is 9.69. The Balaban J connectivity index is 1.64. The maximum atomic E-state index is 11.8. The molecule has 0 spiro atoms. The van der Waals surface area contributed by atoms with Crippen LogP contribution in [0.2, 0.25) is 0 Å². The van der Waals surface area contributed by atoms with Crippen LogP contribution in [-0.2, 0) is 9.53 Å². The van der Waals surface area contributed by atoms with E-state index in [0.717, 1.165) is 31.1 Å². The van der Waals surface area contributed by atoms with Gasteiger partial charge in [-0.15, -0.1) is 0 Å². The maximum Gasteiger partial charge on any atom is 0.156 e. The van der Waals surface area contributed by atoms with Crippen molar-refractivity contribution in [3.05, 3.63) is 22.8 Å². The minimum atomic E-state index is -0.0481. The van der Waals surface area contributed by atoms with Crippen LogP contribution in [0.3, 0.4) is 0 Å². The Kier molecular flexibility index (Phi) is 3.84. The van der Waals surface area contributed by atoms with Crippen LogP contribution in [0.5, 0.6) is 0 Å². The molecule has 0 aliphatic heterocycles. The van der Waals surface area contributed by atoms with E-state index in [-0.39, 0.29) is 5.60 Å². The molecule has 0 aromatic heterocycles. The fourth-order valence-corrected chi connectivity index (χ4v) is 6.10. The Morgan fingerprint density at radius 3 is 2.62 bits per heavy atom. The molecule has 4 rings (SSSR count). The van der Waals surface area contributed by atoms with Gasteiger partial charge in [0.15, 0.2) is 5.78 Å². The van der Waals surface area contributed by atoms with E-state index in [0.29, 0.717) is 17.3 Å². The van der Waals surface area contributed by atoms with Crippen LogP contribution in [0.15, 0.2) is 22.8 Å². The van der Waals surface area contributed by atoms with Crippen molar-refractivity contribution in [3.8, 4) is 0 Å². The standard InChI is InChI=1S/C22H32O2/c1-21(2,3)24-20-10-9-19-18-7-5-14-13-15(23)6-8-16(14)17(18)11-12-22(19,20)4/h13,18-20H,5-12H2,1-4H3/t18-,19+,20+,22+/m1/s1. The number of ketones is 1. The normalized spacial score (nSPS) is 39.2. The third kappa shape index (κ3) is 2.62. The molecule has 2 saturated carbocycles. The Morgan fingerprint density at radius 2 is 1.88 bits per heavy atom. The fourth-order valence-electron chi connectivity index (χ4n) is 6.10. The Bertz CT molecular complexity index is 618. The van der Waals surface area contributed by atoms with Crippen molar-refractivity contribution in [2.24, 2.45) is 17.3 Å². The number of carbonyl (C=O) groups excluding carboxylic acids is 1. The lowest BCUT2D eigenvalue weighted by molar-refractivity contribution is -0.118. The Hall–Kier alpha value is -0.890. The number of rotatable bonds is 1. The molecule has 132 valence electrons. The number of fused-ring (bicyclic) bond motifs is 4. The highest BCUT2D eigenvalue weighted by Gasteiger charge is 2.54. The summed E-state index contributed by atoms with van der Waals surface area (Å²) in [6.07, 6.45) is 11.5. The molecule has 0 unspecified atom stereocenters. The molecule has 4 aliphatic rings. The lowest BCUT2D eigenvalue weighted by Crippen LogP contribution is -2.45. The number of hydrogen-bond acceptors (Lipinski definition) is 2. The van der Waals surface area contributed by atoms with Gasteiger partial charge in [-0.1, -0.05) is 12.5 Å². The van der Waals surface area contributed by atoms with Gasteiger partial charge in [0, 0.05) is 6.42 Å². The van der Waals surface area contributed by atoms with Crippen molar-refractivity contribution in [1.29, 1.82) is 0 Å². The van der Waals surface area contributed by atoms with Gasteiger partial charge < -0.3 is 4.74 Å². The zero-order valence-electron chi connectivity index (χ0n) is 15.8. The average molecular weight is 328 g/mol. The highest BCUT2D eigenvalue weighted by Crippen LogP contribution is 2.61. The smallest absolute Gasteiger partial charge is 0.156 e. The molecule has 24 heavy (non-hydrogen) atoms. The van der Waals surface area contributed by atoms with E-state index in [4.69, 9.17) is 4.74 Å². The van der Waals surface area contributed by atoms with Crippen molar-refractivity contribution in [2.75, 3.05) is 0 Å². The predicted octanol–water partition coefficient (Wildman–Crippen LogP) is 5.38. The highest BCUT2D eigenvalue weighted by molar-refractivity contribution is 5.93. The predicted molar refractivity (Wildman–Crippen MR) is 96.8 cm³/mol. The first-order valence-corrected chi connectivity index (χ1v) is 9.91. The minimum absolute atomic E-state index is 0.0481. The fraction of sp³-hybridized carbons (Fsp3) is 0.773. The summed E-state index contributed by atoms with van der Waals surface area (Å²) in [6.45, 7) is 9.07. The number of allylic oxidation sites excluding steroid dienone is 4. The molecule has 0 radical (unpaired) electrons. The molecule has 0 amide bonds. The third-order valence-corrected chi connectivity index (χ3v) is 7.14. The van der Waals surface area contributed by atoms with Gasteiger partial charge in [-0.3, -0.25) is 4.79 Å². The molecular weight excluding hydrogens is 296 g/mol. The van der Waals surface area contributed by atoms with Gasteiger partial charge in [-0.2, -0.15) is 0 Å². The van der Waals surface area contributed by atoms with E-state index in [2.05, 4.69) is 27.7 Å². The summed E-state index contributed by atoms with van der Waals surface area (Å²) < 4.78 is 6.50. The number of ether oxygens (including phenoxy) is 1. The van der Waals surface area contributed by atoms with Gasteiger partial charge >= 0.3 is 0 Å². The largest absolute Gasteiger partial charge is 0.372 e. The van der Waals surface area contributed by atoms with Gasteiger partial charge in [-0.05, 0) is 100 Å². The monoisotopic (exact) mass is 328 g/mol. The maximum absolute atomic E-state index is 11.8. The first kappa shape index (κ1) is 16.6. The first-order valence-electron chi connectivity index (χ1n) is 9.91. The van der Waals surface area contributed by atoms with Gasteiger partial charge in [-0.25, -0.2) is 0 Å². The molecule has 0 bridgehead atoms. The summed E-state index contributed by atoms with van der Waals surface area (Å²) in [4.78, 5) is 11.8. The average Bonchev–Trinajstić information content (AvgIpc) is 2.82. The SMILES string of the molecule is CC(C)(C)O[C@H]1CC[C@H]2[C@@H]3CCC4=CC(=O)CCC4=C3CC[C@]12C. The van der Waals surface area contributed by atoms with Crippen molar-refractivity contribution in [2.45, 2.75) is 90.8 Å².